The maximum atomic E-state index is 7.00. The van der Waals surface area contributed by atoms with Crippen molar-refractivity contribution in [2.75, 3.05) is 7.11 Å². The molecular weight excluding hydrogens is 76.0 g/mol. The lowest BCUT2D eigenvalue weighted by molar-refractivity contribution is -0.176. The number of hydrogen-bond acceptors (Lipinski definition) is 3. The first-order valence-corrected chi connectivity index (χ1v) is 0.647. The lowest BCUT2D eigenvalue weighted by Gasteiger charge is -1.25. The number of rotatable bonds is 0. The van der Waals surface area contributed by atoms with E-state index in [-0.39, 0.29) is 5.48 Å². The second kappa shape index (κ2) is 1210. The van der Waals surface area contributed by atoms with Crippen molar-refractivity contribution < 1.29 is 21.1 Å². The van der Waals surface area contributed by atoms with Gasteiger partial charge in [0.05, 0.1) is 0 Å². The van der Waals surface area contributed by atoms with Crippen LogP contribution in [0.15, 0.2) is 0 Å². The van der Waals surface area contributed by atoms with E-state index in [0.29, 0.717) is 0 Å². The molecule has 4 nitrogen and oxygen atoms in total. The first kappa shape index (κ1) is 21.1. The lowest BCUT2D eigenvalue weighted by atomic mass is 11.8. The topological polar surface area (TPSA) is 92.2 Å². The van der Waals surface area contributed by atoms with E-state index in [4.69, 9.17) is 15.6 Å². The Morgan fingerprint density at radius 1 is 1.00 bits per heavy atom. The SMILES string of the molecule is CO.O.OO. The van der Waals surface area contributed by atoms with Crippen molar-refractivity contribution in [2.24, 2.45) is 0 Å². The van der Waals surface area contributed by atoms with Gasteiger partial charge in [0.2, 0.25) is 0 Å². The highest BCUT2D eigenvalue weighted by atomic mass is 17.0. The summed E-state index contributed by atoms with van der Waals surface area (Å²) in [5.74, 6) is 0. The molecule has 0 rings (SSSR count). The van der Waals surface area contributed by atoms with E-state index in [1.165, 1.54) is 0 Å². The predicted octanol–water partition coefficient (Wildman–Crippen LogP) is -1.20. The Bertz CT molecular complexity index is 3.61. The molecule has 0 saturated carbocycles. The summed E-state index contributed by atoms with van der Waals surface area (Å²) in [6.45, 7) is 0. The van der Waals surface area contributed by atoms with Gasteiger partial charge in [0.1, 0.15) is 0 Å². The normalized spacial score (nSPS) is 2.40. The van der Waals surface area contributed by atoms with Gasteiger partial charge in [-0.3, -0.25) is 10.5 Å². The Hall–Kier alpha value is -0.160. The Labute approximate surface area is 29.5 Å². The highest BCUT2D eigenvalue weighted by molar-refractivity contribution is 3.18. The molecule has 5 N–H and O–H groups in total. The van der Waals surface area contributed by atoms with Crippen molar-refractivity contribution in [3.63, 3.8) is 0 Å². The zero-order valence-electron chi connectivity index (χ0n) is 2.84. The Kier molecular flexibility index (Phi) is 5100. The molecule has 0 aromatic carbocycles. The fourth-order valence-electron chi connectivity index (χ4n) is 0. The van der Waals surface area contributed by atoms with Gasteiger partial charge in [0.15, 0.2) is 0 Å². The summed E-state index contributed by atoms with van der Waals surface area (Å²) in [6, 6.07) is 0. The fraction of sp³-hybridized carbons (Fsp3) is 1.00. The van der Waals surface area contributed by atoms with Gasteiger partial charge in [-0.05, 0) is 0 Å². The van der Waals surface area contributed by atoms with Crippen molar-refractivity contribution in [1.29, 1.82) is 0 Å². The van der Waals surface area contributed by atoms with E-state index in [0.717, 1.165) is 7.11 Å². The van der Waals surface area contributed by atoms with Gasteiger partial charge >= 0.3 is 0 Å². The minimum Gasteiger partial charge on any atom is -0.412 e. The summed E-state index contributed by atoms with van der Waals surface area (Å²) in [6.07, 6.45) is 0. The fourth-order valence-corrected chi connectivity index (χ4v) is 0. The minimum atomic E-state index is 0. The second-order valence-corrected chi connectivity index (χ2v) is 0. The molecule has 0 saturated heterocycles. The molecule has 0 aliphatic rings. The Morgan fingerprint density at radius 2 is 1.00 bits per heavy atom. The van der Waals surface area contributed by atoms with E-state index < -0.39 is 0 Å². The third-order valence-corrected chi connectivity index (χ3v) is 0. The van der Waals surface area contributed by atoms with Crippen molar-refractivity contribution in [3.8, 4) is 0 Å². The van der Waals surface area contributed by atoms with E-state index in [2.05, 4.69) is 0 Å². The van der Waals surface area contributed by atoms with Gasteiger partial charge in [-0.1, -0.05) is 0 Å². The van der Waals surface area contributed by atoms with Crippen LogP contribution in [0.1, 0.15) is 0 Å². The summed E-state index contributed by atoms with van der Waals surface area (Å²) in [5, 5.41) is 19.0. The zero-order valence-corrected chi connectivity index (χ0v) is 2.84. The van der Waals surface area contributed by atoms with Crippen LogP contribution in [0, 0.1) is 0 Å². The average Bonchev–Trinajstić information content (AvgIpc) is 1.50. The molecule has 0 radical (unpaired) electrons. The molecule has 4 heteroatoms. The molecule has 0 amide bonds. The van der Waals surface area contributed by atoms with Crippen molar-refractivity contribution in [2.45, 2.75) is 0 Å². The van der Waals surface area contributed by atoms with E-state index >= 15 is 0 Å². The average molecular weight is 84.1 g/mol. The molecule has 0 aromatic heterocycles. The molecule has 0 aliphatic heterocycles. The van der Waals surface area contributed by atoms with Gasteiger partial charge in [-0.2, -0.15) is 0 Å². The van der Waals surface area contributed by atoms with E-state index in [1.807, 2.05) is 0 Å². The number of hydrogen-bond donors (Lipinski definition) is 3. The van der Waals surface area contributed by atoms with E-state index in [9.17, 15) is 0 Å². The van der Waals surface area contributed by atoms with Crippen molar-refractivity contribution in [3.05, 3.63) is 0 Å². The summed E-state index contributed by atoms with van der Waals surface area (Å²) in [7, 11) is 1.00. The molecule has 5 heavy (non-hydrogen) atoms. The maximum absolute atomic E-state index is 7.00. The highest BCUT2D eigenvalue weighted by Crippen LogP contribution is 0.755. The van der Waals surface area contributed by atoms with Gasteiger partial charge in [-0.15, -0.1) is 0 Å². The summed E-state index contributed by atoms with van der Waals surface area (Å²) >= 11 is 0. The van der Waals surface area contributed by atoms with Gasteiger partial charge in [-0.25, -0.2) is 0 Å². The Morgan fingerprint density at radius 3 is 1.00 bits per heavy atom. The van der Waals surface area contributed by atoms with Gasteiger partial charge in [0, 0.05) is 7.11 Å². The monoisotopic (exact) mass is 84.0 g/mol. The highest BCUT2D eigenvalue weighted by Gasteiger charge is 0.839. The molecule has 0 spiro atoms. The predicted molar refractivity (Wildman–Crippen MR) is 17.0 cm³/mol. The maximum Gasteiger partial charge on any atom is 0.0319 e. The van der Waals surface area contributed by atoms with Crippen LogP contribution in [-0.2, 0) is 0 Å². The molecule has 0 unspecified atom stereocenters. The minimum absolute atomic E-state index is 0. The standard InChI is InChI=1S/CH4O.H2O2.H2O/c2*1-2;/h2H,1H3;1-2H;1H2. The lowest BCUT2D eigenvalue weighted by Crippen LogP contribution is -1.29. The van der Waals surface area contributed by atoms with Crippen LogP contribution in [0.3, 0.4) is 0 Å². The zero-order chi connectivity index (χ0) is 4.00. The van der Waals surface area contributed by atoms with Gasteiger partial charge < -0.3 is 10.6 Å². The smallest absolute Gasteiger partial charge is 0.0319 e. The Balaban J connectivity index is -0.0000000133. The van der Waals surface area contributed by atoms with Crippen LogP contribution in [0.2, 0.25) is 0 Å². The molecule has 0 bridgehead atoms. The number of aliphatic hydroxyl groups excluding tert-OH is 1. The summed E-state index contributed by atoms with van der Waals surface area (Å²) in [5.41, 5.74) is 0. The van der Waals surface area contributed by atoms with Crippen LogP contribution in [0.4, 0.5) is 0 Å². The quantitative estimate of drug-likeness (QED) is 0.254. The largest absolute Gasteiger partial charge is 0.412 e. The molecule has 36 valence electrons. The molecule has 0 aromatic rings. The van der Waals surface area contributed by atoms with Crippen LogP contribution >= 0.6 is 0 Å². The van der Waals surface area contributed by atoms with E-state index in [1.54, 1.807) is 0 Å². The van der Waals surface area contributed by atoms with Crippen LogP contribution in [0.25, 0.3) is 0 Å². The molecular formula is CH8O4. The first-order chi connectivity index (χ1) is 2.00. The number of aliphatic hydroxyl groups is 1. The molecule has 0 fully saturated rings. The molecule has 0 atom stereocenters. The van der Waals surface area contributed by atoms with Crippen LogP contribution in [-0.4, -0.2) is 28.2 Å². The molecule has 0 aliphatic carbocycles. The van der Waals surface area contributed by atoms with Crippen LogP contribution in [0.5, 0.6) is 0 Å². The summed E-state index contributed by atoms with van der Waals surface area (Å²) in [4.78, 5) is 0. The van der Waals surface area contributed by atoms with Gasteiger partial charge in [0.25, 0.3) is 0 Å². The third kappa shape index (κ3) is 508. The van der Waals surface area contributed by atoms with Crippen molar-refractivity contribution >= 4 is 0 Å². The second-order valence-electron chi connectivity index (χ2n) is 0. The summed E-state index contributed by atoms with van der Waals surface area (Å²) < 4.78 is 0. The van der Waals surface area contributed by atoms with Crippen LogP contribution < -0.4 is 0 Å². The molecule has 0 heterocycles. The van der Waals surface area contributed by atoms with Crippen molar-refractivity contribution in [1.82, 2.24) is 0 Å². The first-order valence-electron chi connectivity index (χ1n) is 0.647. The third-order valence-electron chi connectivity index (χ3n) is 0.